The number of anilines is 1. The molecule has 160 valence electrons. The number of nitrogens with one attached hydrogen (secondary N) is 3. The van der Waals surface area contributed by atoms with E-state index < -0.39 is 0 Å². The number of nitrogens with zero attached hydrogens (tertiary/aromatic N) is 1. The van der Waals surface area contributed by atoms with Crippen LogP contribution in [0, 0.1) is 11.8 Å². The van der Waals surface area contributed by atoms with Gasteiger partial charge in [-0.2, -0.15) is 0 Å². The van der Waals surface area contributed by atoms with Gasteiger partial charge in [-0.05, 0) is 48.4 Å². The van der Waals surface area contributed by atoms with Crippen molar-refractivity contribution in [3.05, 3.63) is 52.2 Å². The first-order valence-electron chi connectivity index (χ1n) is 9.92. The second-order valence-electron chi connectivity index (χ2n) is 7.31. The van der Waals surface area contributed by atoms with E-state index in [1.165, 1.54) is 4.88 Å². The van der Waals surface area contributed by atoms with Crippen LogP contribution in [0.2, 0.25) is 0 Å². The van der Waals surface area contributed by atoms with Crippen molar-refractivity contribution in [2.45, 2.75) is 40.7 Å². The molecule has 1 aromatic carbocycles. The number of aliphatic imine (C=N–C) groups is 1. The van der Waals surface area contributed by atoms with E-state index >= 15 is 0 Å². The van der Waals surface area contributed by atoms with Crippen molar-refractivity contribution < 1.29 is 4.79 Å². The Morgan fingerprint density at radius 2 is 1.83 bits per heavy atom. The van der Waals surface area contributed by atoms with Gasteiger partial charge in [0, 0.05) is 29.6 Å². The van der Waals surface area contributed by atoms with Crippen LogP contribution in [-0.4, -0.2) is 25.0 Å². The van der Waals surface area contributed by atoms with E-state index in [2.05, 4.69) is 52.3 Å². The molecule has 0 aliphatic rings. The normalized spacial score (nSPS) is 12.2. The fourth-order valence-electron chi connectivity index (χ4n) is 2.61. The highest BCUT2D eigenvalue weighted by Gasteiger charge is 2.08. The Hall–Kier alpha value is -1.61. The molecule has 29 heavy (non-hydrogen) atoms. The predicted octanol–water partition coefficient (Wildman–Crippen LogP) is 4.89. The molecule has 7 heteroatoms. The highest BCUT2D eigenvalue weighted by molar-refractivity contribution is 14.0. The first-order chi connectivity index (χ1) is 13.5. The van der Waals surface area contributed by atoms with E-state index in [-0.39, 0.29) is 35.8 Å². The number of rotatable bonds is 9. The van der Waals surface area contributed by atoms with Gasteiger partial charge in [-0.15, -0.1) is 35.3 Å². The van der Waals surface area contributed by atoms with E-state index in [1.54, 1.807) is 0 Å². The van der Waals surface area contributed by atoms with Crippen molar-refractivity contribution in [2.75, 3.05) is 18.4 Å². The van der Waals surface area contributed by atoms with E-state index in [4.69, 9.17) is 0 Å². The lowest BCUT2D eigenvalue weighted by Gasteiger charge is -2.15. The van der Waals surface area contributed by atoms with Gasteiger partial charge in [-0.1, -0.05) is 39.0 Å². The Kier molecular flexibility index (Phi) is 11.9. The average molecular weight is 529 g/mol. The summed E-state index contributed by atoms with van der Waals surface area (Å²) in [6, 6.07) is 12.1. The van der Waals surface area contributed by atoms with Crippen LogP contribution in [0.5, 0.6) is 0 Å². The van der Waals surface area contributed by atoms with Crippen molar-refractivity contribution in [1.29, 1.82) is 0 Å². The SMILES string of the molecule is CCNC(=NCc1ccc(NC(=O)C(C)C)cc1)NCC(C)Cc1cccs1.I. The molecule has 0 fully saturated rings. The summed E-state index contributed by atoms with van der Waals surface area (Å²) >= 11 is 1.81. The molecular formula is C22H33IN4OS. The number of carbonyl (C=O) groups is 1. The molecule has 3 N–H and O–H groups in total. The van der Waals surface area contributed by atoms with Gasteiger partial charge in [0.05, 0.1) is 6.54 Å². The quantitative estimate of drug-likeness (QED) is 0.247. The zero-order valence-electron chi connectivity index (χ0n) is 17.7. The molecule has 0 saturated carbocycles. The summed E-state index contributed by atoms with van der Waals surface area (Å²) in [6.45, 7) is 10.4. The summed E-state index contributed by atoms with van der Waals surface area (Å²) in [7, 11) is 0. The molecule has 0 aliphatic carbocycles. The van der Waals surface area contributed by atoms with Gasteiger partial charge < -0.3 is 16.0 Å². The number of hydrogen-bond donors (Lipinski definition) is 3. The lowest BCUT2D eigenvalue weighted by atomic mass is 10.1. The summed E-state index contributed by atoms with van der Waals surface area (Å²) in [5, 5.41) is 11.8. The maximum atomic E-state index is 11.8. The molecule has 1 heterocycles. The van der Waals surface area contributed by atoms with Crippen LogP contribution >= 0.6 is 35.3 Å². The zero-order valence-corrected chi connectivity index (χ0v) is 20.8. The molecule has 0 radical (unpaired) electrons. The number of hydrogen-bond acceptors (Lipinski definition) is 3. The Bertz CT molecular complexity index is 745. The largest absolute Gasteiger partial charge is 0.357 e. The second kappa shape index (κ2) is 13.6. The smallest absolute Gasteiger partial charge is 0.226 e. The van der Waals surface area contributed by atoms with Crippen LogP contribution < -0.4 is 16.0 Å². The highest BCUT2D eigenvalue weighted by atomic mass is 127. The van der Waals surface area contributed by atoms with E-state index in [9.17, 15) is 4.79 Å². The molecule has 0 spiro atoms. The van der Waals surface area contributed by atoms with Gasteiger partial charge in [0.25, 0.3) is 0 Å². The van der Waals surface area contributed by atoms with Gasteiger partial charge >= 0.3 is 0 Å². The van der Waals surface area contributed by atoms with Crippen molar-refractivity contribution in [3.63, 3.8) is 0 Å². The average Bonchev–Trinajstić information content (AvgIpc) is 3.18. The number of guanidine groups is 1. The Labute approximate surface area is 195 Å². The van der Waals surface area contributed by atoms with Gasteiger partial charge in [-0.3, -0.25) is 4.79 Å². The Morgan fingerprint density at radius 1 is 1.10 bits per heavy atom. The predicted molar refractivity (Wildman–Crippen MR) is 135 cm³/mol. The van der Waals surface area contributed by atoms with Crippen LogP contribution in [0.3, 0.4) is 0 Å². The van der Waals surface area contributed by atoms with Gasteiger partial charge in [-0.25, -0.2) is 4.99 Å². The summed E-state index contributed by atoms with van der Waals surface area (Å²) < 4.78 is 0. The zero-order chi connectivity index (χ0) is 20.4. The topological polar surface area (TPSA) is 65.5 Å². The number of halogens is 1. The maximum Gasteiger partial charge on any atom is 0.226 e. The van der Waals surface area contributed by atoms with Crippen LogP contribution in [0.15, 0.2) is 46.8 Å². The van der Waals surface area contributed by atoms with Crippen molar-refractivity contribution in [2.24, 2.45) is 16.8 Å². The van der Waals surface area contributed by atoms with Crippen molar-refractivity contribution in [1.82, 2.24) is 10.6 Å². The van der Waals surface area contributed by atoms with Crippen molar-refractivity contribution in [3.8, 4) is 0 Å². The Balaban J connectivity index is 0.00000420. The molecular weight excluding hydrogens is 495 g/mol. The van der Waals surface area contributed by atoms with E-state index in [1.807, 2.05) is 49.4 Å². The molecule has 1 amide bonds. The summed E-state index contributed by atoms with van der Waals surface area (Å²) in [4.78, 5) is 17.9. The lowest BCUT2D eigenvalue weighted by Crippen LogP contribution is -2.39. The number of benzene rings is 1. The van der Waals surface area contributed by atoms with Crippen LogP contribution in [-0.2, 0) is 17.8 Å². The highest BCUT2D eigenvalue weighted by Crippen LogP contribution is 2.14. The fraction of sp³-hybridized carbons (Fsp3) is 0.455. The Morgan fingerprint density at radius 3 is 2.41 bits per heavy atom. The minimum atomic E-state index is -0.0276. The molecule has 1 atom stereocenters. The molecule has 0 bridgehead atoms. The molecule has 2 rings (SSSR count). The fourth-order valence-corrected chi connectivity index (χ4v) is 3.48. The third-order valence-corrected chi connectivity index (χ3v) is 5.16. The van der Waals surface area contributed by atoms with Gasteiger partial charge in [0.1, 0.15) is 0 Å². The van der Waals surface area contributed by atoms with Crippen LogP contribution in [0.1, 0.15) is 38.1 Å². The minimum Gasteiger partial charge on any atom is -0.357 e. The minimum absolute atomic E-state index is 0. The molecule has 5 nitrogen and oxygen atoms in total. The maximum absolute atomic E-state index is 11.8. The second-order valence-corrected chi connectivity index (χ2v) is 8.34. The number of carbonyl (C=O) groups excluding carboxylic acids is 1. The molecule has 1 unspecified atom stereocenters. The summed E-state index contributed by atoms with van der Waals surface area (Å²) in [5.74, 6) is 1.37. The van der Waals surface area contributed by atoms with E-state index in [0.29, 0.717) is 12.5 Å². The first kappa shape index (κ1) is 25.4. The molecule has 2 aromatic rings. The third kappa shape index (κ3) is 9.62. The summed E-state index contributed by atoms with van der Waals surface area (Å²) in [5.41, 5.74) is 1.92. The molecule has 0 saturated heterocycles. The number of amides is 1. The van der Waals surface area contributed by atoms with Crippen molar-refractivity contribution >= 4 is 52.9 Å². The van der Waals surface area contributed by atoms with Gasteiger partial charge in [0.15, 0.2) is 5.96 Å². The monoisotopic (exact) mass is 528 g/mol. The summed E-state index contributed by atoms with van der Waals surface area (Å²) in [6.07, 6.45) is 1.08. The number of thiophene rings is 1. The molecule has 0 aliphatic heterocycles. The van der Waals surface area contributed by atoms with Gasteiger partial charge in [0.2, 0.25) is 5.91 Å². The van der Waals surface area contributed by atoms with Crippen LogP contribution in [0.4, 0.5) is 5.69 Å². The third-order valence-electron chi connectivity index (χ3n) is 4.26. The lowest BCUT2D eigenvalue weighted by molar-refractivity contribution is -0.118. The molecule has 1 aromatic heterocycles. The van der Waals surface area contributed by atoms with Crippen LogP contribution in [0.25, 0.3) is 0 Å². The van der Waals surface area contributed by atoms with E-state index in [0.717, 1.165) is 36.7 Å². The first-order valence-corrected chi connectivity index (χ1v) is 10.8. The standard InChI is InChI=1S/C22H32N4OS.HI/c1-5-23-22(24-14-17(4)13-20-7-6-12-28-20)25-15-18-8-10-19(11-9-18)26-21(27)16(2)3;/h6-12,16-17H,5,13-15H2,1-4H3,(H,26,27)(H2,23,24,25);1H.